The fourth-order valence-electron chi connectivity index (χ4n) is 2.73. The van der Waals surface area contributed by atoms with E-state index in [4.69, 9.17) is 4.74 Å². The molecule has 0 aliphatic rings. The van der Waals surface area contributed by atoms with E-state index in [9.17, 15) is 17.6 Å². The number of ether oxygens (including phenoxy) is 2. The summed E-state index contributed by atoms with van der Waals surface area (Å²) in [4.78, 5) is 4.52. The van der Waals surface area contributed by atoms with Crippen molar-refractivity contribution < 1.29 is 27.0 Å². The average molecular weight is 441 g/mol. The molecule has 0 saturated heterocycles. The Kier molecular flexibility index (Phi) is 9.74. The fourth-order valence-corrected chi connectivity index (χ4v) is 2.73. The molecule has 170 valence electrons. The summed E-state index contributed by atoms with van der Waals surface area (Å²) < 4.78 is 59.8. The molecule has 5 nitrogen and oxygen atoms in total. The smallest absolute Gasteiger partial charge is 0.380 e. The van der Waals surface area contributed by atoms with Crippen LogP contribution in [0, 0.1) is 5.82 Å². The predicted octanol–water partition coefficient (Wildman–Crippen LogP) is 4.31. The van der Waals surface area contributed by atoms with E-state index in [0.29, 0.717) is 36.7 Å². The van der Waals surface area contributed by atoms with Crippen LogP contribution in [0.2, 0.25) is 0 Å². The first-order valence-electron chi connectivity index (χ1n) is 9.81. The van der Waals surface area contributed by atoms with Gasteiger partial charge >= 0.3 is 6.18 Å². The maximum Gasteiger partial charge on any atom is 0.411 e. The molecule has 0 heterocycles. The Morgan fingerprint density at radius 2 is 1.65 bits per heavy atom. The Bertz CT molecular complexity index is 840. The molecule has 0 atom stereocenters. The second-order valence-electron chi connectivity index (χ2n) is 6.83. The van der Waals surface area contributed by atoms with Gasteiger partial charge in [0.2, 0.25) is 0 Å². The minimum Gasteiger partial charge on any atom is -0.380 e. The standard InChI is InChI=1S/C22H27F4N3O2/c1-3-27-21(29-12-18-8-9-20(23)19(10-18)14-30-2)28-11-16-4-6-17(7-5-16)13-31-15-22(24,25)26/h4-10H,3,11-15H2,1-2H3,(H2,27,28,29). The zero-order chi connectivity index (χ0) is 22.7. The number of methoxy groups -OCH3 is 1. The predicted molar refractivity (Wildman–Crippen MR) is 111 cm³/mol. The third-order valence-electron chi connectivity index (χ3n) is 4.19. The molecule has 2 aromatic carbocycles. The minimum atomic E-state index is -4.33. The third kappa shape index (κ3) is 9.35. The minimum absolute atomic E-state index is 0.0972. The van der Waals surface area contributed by atoms with E-state index in [1.54, 1.807) is 24.3 Å². The van der Waals surface area contributed by atoms with Gasteiger partial charge in [0.1, 0.15) is 12.4 Å². The van der Waals surface area contributed by atoms with Crippen molar-refractivity contribution in [1.82, 2.24) is 10.6 Å². The van der Waals surface area contributed by atoms with E-state index in [1.165, 1.54) is 13.2 Å². The van der Waals surface area contributed by atoms with Crippen LogP contribution in [0.3, 0.4) is 0 Å². The summed E-state index contributed by atoms with van der Waals surface area (Å²) in [5.74, 6) is 0.282. The summed E-state index contributed by atoms with van der Waals surface area (Å²) >= 11 is 0. The number of alkyl halides is 3. The van der Waals surface area contributed by atoms with E-state index in [1.807, 2.05) is 19.1 Å². The Balaban J connectivity index is 1.91. The van der Waals surface area contributed by atoms with Gasteiger partial charge in [-0.15, -0.1) is 0 Å². The van der Waals surface area contributed by atoms with Crippen molar-refractivity contribution in [3.05, 3.63) is 70.5 Å². The summed E-state index contributed by atoms with van der Waals surface area (Å²) in [6.45, 7) is 2.29. The van der Waals surface area contributed by atoms with Crippen molar-refractivity contribution in [2.75, 3.05) is 20.3 Å². The van der Waals surface area contributed by atoms with Gasteiger partial charge in [-0.1, -0.05) is 30.3 Å². The average Bonchev–Trinajstić information content (AvgIpc) is 2.72. The van der Waals surface area contributed by atoms with Gasteiger partial charge in [-0.05, 0) is 35.7 Å². The van der Waals surface area contributed by atoms with E-state index in [2.05, 4.69) is 20.4 Å². The summed E-state index contributed by atoms with van der Waals surface area (Å²) in [7, 11) is 1.51. The molecule has 31 heavy (non-hydrogen) atoms. The summed E-state index contributed by atoms with van der Waals surface area (Å²) in [5.41, 5.74) is 2.94. The number of guanidine groups is 1. The van der Waals surface area contributed by atoms with Gasteiger partial charge in [0.25, 0.3) is 0 Å². The van der Waals surface area contributed by atoms with E-state index >= 15 is 0 Å². The monoisotopic (exact) mass is 441 g/mol. The second-order valence-corrected chi connectivity index (χ2v) is 6.83. The van der Waals surface area contributed by atoms with E-state index in [0.717, 1.165) is 11.1 Å². The van der Waals surface area contributed by atoms with E-state index in [-0.39, 0.29) is 19.0 Å². The maximum absolute atomic E-state index is 13.7. The van der Waals surface area contributed by atoms with Gasteiger partial charge in [0.05, 0.1) is 19.8 Å². The summed E-state index contributed by atoms with van der Waals surface area (Å²) in [6, 6.07) is 11.9. The Labute approximate surface area is 179 Å². The highest BCUT2D eigenvalue weighted by Gasteiger charge is 2.27. The zero-order valence-corrected chi connectivity index (χ0v) is 17.6. The summed E-state index contributed by atoms with van der Waals surface area (Å²) in [6.07, 6.45) is -4.33. The molecule has 2 N–H and O–H groups in total. The largest absolute Gasteiger partial charge is 0.411 e. The molecular weight excluding hydrogens is 414 g/mol. The first-order chi connectivity index (χ1) is 14.8. The number of benzene rings is 2. The maximum atomic E-state index is 13.7. The molecular formula is C22H27F4N3O2. The molecule has 0 fully saturated rings. The lowest BCUT2D eigenvalue weighted by atomic mass is 10.1. The van der Waals surface area contributed by atoms with Crippen LogP contribution < -0.4 is 10.6 Å². The molecule has 0 bridgehead atoms. The van der Waals surface area contributed by atoms with Crippen LogP contribution >= 0.6 is 0 Å². The van der Waals surface area contributed by atoms with E-state index < -0.39 is 12.8 Å². The van der Waals surface area contributed by atoms with Crippen molar-refractivity contribution in [3.63, 3.8) is 0 Å². The summed E-state index contributed by atoms with van der Waals surface area (Å²) in [5, 5.41) is 6.34. The first-order valence-corrected chi connectivity index (χ1v) is 9.81. The van der Waals surface area contributed by atoms with Gasteiger partial charge in [0.15, 0.2) is 5.96 Å². The van der Waals surface area contributed by atoms with Gasteiger partial charge < -0.3 is 20.1 Å². The van der Waals surface area contributed by atoms with Crippen LogP contribution in [0.25, 0.3) is 0 Å². The Morgan fingerprint density at radius 1 is 0.968 bits per heavy atom. The van der Waals surface area contributed by atoms with Crippen LogP contribution in [0.5, 0.6) is 0 Å². The molecule has 0 aromatic heterocycles. The van der Waals surface area contributed by atoms with Crippen LogP contribution in [0.1, 0.15) is 29.2 Å². The number of rotatable bonds is 10. The van der Waals surface area contributed by atoms with Crippen LogP contribution in [-0.4, -0.2) is 32.4 Å². The molecule has 0 saturated carbocycles. The molecule has 9 heteroatoms. The van der Waals surface area contributed by atoms with Crippen molar-refractivity contribution in [3.8, 4) is 0 Å². The molecule has 0 spiro atoms. The van der Waals surface area contributed by atoms with Crippen LogP contribution in [0.15, 0.2) is 47.5 Å². The first kappa shape index (κ1) is 24.6. The lowest BCUT2D eigenvalue weighted by Crippen LogP contribution is -2.36. The zero-order valence-electron chi connectivity index (χ0n) is 17.6. The highest BCUT2D eigenvalue weighted by Crippen LogP contribution is 2.16. The van der Waals surface area contributed by atoms with Gasteiger partial charge in [-0.3, -0.25) is 0 Å². The molecule has 2 rings (SSSR count). The van der Waals surface area contributed by atoms with Crippen molar-refractivity contribution in [1.29, 1.82) is 0 Å². The number of hydrogen-bond acceptors (Lipinski definition) is 3. The topological polar surface area (TPSA) is 54.9 Å². The van der Waals surface area contributed by atoms with Crippen molar-refractivity contribution >= 4 is 5.96 Å². The quantitative estimate of drug-likeness (QED) is 0.328. The third-order valence-corrected chi connectivity index (χ3v) is 4.19. The molecule has 0 aliphatic carbocycles. The number of aliphatic imine (C=N–C) groups is 1. The molecule has 0 amide bonds. The lowest BCUT2D eigenvalue weighted by molar-refractivity contribution is -0.176. The van der Waals surface area contributed by atoms with Crippen LogP contribution in [-0.2, 0) is 35.8 Å². The number of halogens is 4. The number of hydrogen-bond donors (Lipinski definition) is 2. The Hall–Kier alpha value is -2.65. The van der Waals surface area contributed by atoms with Gasteiger partial charge in [0, 0.05) is 25.8 Å². The number of nitrogens with one attached hydrogen (secondary N) is 2. The SMILES string of the molecule is CCNC(=NCc1ccc(F)c(COC)c1)NCc1ccc(COCC(F)(F)F)cc1. The molecule has 0 unspecified atom stereocenters. The van der Waals surface area contributed by atoms with Crippen molar-refractivity contribution in [2.24, 2.45) is 4.99 Å². The highest BCUT2D eigenvalue weighted by molar-refractivity contribution is 5.79. The highest BCUT2D eigenvalue weighted by atomic mass is 19.4. The normalized spacial score (nSPS) is 12.1. The van der Waals surface area contributed by atoms with Gasteiger partial charge in [-0.2, -0.15) is 13.2 Å². The molecule has 0 radical (unpaired) electrons. The number of nitrogens with zero attached hydrogens (tertiary/aromatic N) is 1. The molecule has 0 aliphatic heterocycles. The van der Waals surface area contributed by atoms with Crippen LogP contribution in [0.4, 0.5) is 17.6 Å². The Morgan fingerprint density at radius 3 is 2.29 bits per heavy atom. The second kappa shape index (κ2) is 12.3. The van der Waals surface area contributed by atoms with Gasteiger partial charge in [-0.25, -0.2) is 9.38 Å². The lowest BCUT2D eigenvalue weighted by Gasteiger charge is -2.12. The van der Waals surface area contributed by atoms with Crippen molar-refractivity contribution in [2.45, 2.75) is 39.4 Å². The fraction of sp³-hybridized carbons (Fsp3) is 0.409. The molecule has 2 aromatic rings.